The second kappa shape index (κ2) is 9.60. The van der Waals surface area contributed by atoms with Crippen molar-refractivity contribution in [1.82, 2.24) is 5.32 Å². The van der Waals surface area contributed by atoms with E-state index in [9.17, 15) is 0 Å². The smallest absolute Gasteiger partial charge is 0.0595 e. The summed E-state index contributed by atoms with van der Waals surface area (Å²) in [4.78, 5) is 0. The van der Waals surface area contributed by atoms with E-state index in [0.717, 1.165) is 38.6 Å². The lowest BCUT2D eigenvalue weighted by molar-refractivity contribution is 0.282. The lowest BCUT2D eigenvalue weighted by atomic mass is 10.0. The average Bonchev–Trinajstić information content (AvgIpc) is 2.41. The van der Waals surface area contributed by atoms with Crippen molar-refractivity contribution in [3.05, 3.63) is 33.8 Å². The van der Waals surface area contributed by atoms with Crippen molar-refractivity contribution < 1.29 is 5.11 Å². The molecule has 108 valence electrons. The summed E-state index contributed by atoms with van der Waals surface area (Å²) in [6.45, 7) is 3.45. The Labute approximate surface area is 126 Å². The SMILES string of the molecule is CCC(NCCCCCCO)c1ccc(Cl)c(Cl)c1. The second-order valence-electron chi connectivity index (χ2n) is 4.73. The van der Waals surface area contributed by atoms with Crippen molar-refractivity contribution in [3.8, 4) is 0 Å². The molecule has 0 aliphatic heterocycles. The molecule has 0 aliphatic rings. The highest BCUT2D eigenvalue weighted by Gasteiger charge is 2.09. The van der Waals surface area contributed by atoms with Crippen LogP contribution in [0.5, 0.6) is 0 Å². The molecule has 0 aromatic heterocycles. The summed E-state index contributed by atoms with van der Waals surface area (Å²) in [5.74, 6) is 0. The minimum absolute atomic E-state index is 0.300. The molecule has 2 N–H and O–H groups in total. The Bertz CT molecular complexity index is 371. The van der Waals surface area contributed by atoms with E-state index in [1.807, 2.05) is 18.2 Å². The summed E-state index contributed by atoms with van der Waals surface area (Å²) in [6, 6.07) is 6.15. The Morgan fingerprint density at radius 1 is 1.11 bits per heavy atom. The van der Waals surface area contributed by atoms with Gasteiger partial charge in [-0.25, -0.2) is 0 Å². The molecule has 1 atom stereocenters. The molecule has 0 spiro atoms. The largest absolute Gasteiger partial charge is 0.396 e. The molecule has 1 aromatic rings. The van der Waals surface area contributed by atoms with Crippen molar-refractivity contribution in [1.29, 1.82) is 0 Å². The zero-order chi connectivity index (χ0) is 14.1. The number of hydrogen-bond donors (Lipinski definition) is 2. The molecule has 0 saturated carbocycles. The highest BCUT2D eigenvalue weighted by Crippen LogP contribution is 2.26. The van der Waals surface area contributed by atoms with Crippen LogP contribution in [0.15, 0.2) is 18.2 Å². The number of halogens is 2. The van der Waals surface area contributed by atoms with E-state index < -0.39 is 0 Å². The molecule has 0 aliphatic carbocycles. The lowest BCUT2D eigenvalue weighted by Crippen LogP contribution is -2.21. The van der Waals surface area contributed by atoms with Crippen LogP contribution in [0.25, 0.3) is 0 Å². The fraction of sp³-hybridized carbons (Fsp3) is 0.600. The second-order valence-corrected chi connectivity index (χ2v) is 5.54. The normalized spacial score (nSPS) is 12.6. The molecule has 0 heterocycles. The van der Waals surface area contributed by atoms with Crippen LogP contribution < -0.4 is 5.32 Å². The minimum Gasteiger partial charge on any atom is -0.396 e. The van der Waals surface area contributed by atoms with Gasteiger partial charge in [-0.2, -0.15) is 0 Å². The number of aliphatic hydroxyl groups is 1. The van der Waals surface area contributed by atoms with Gasteiger partial charge in [0.25, 0.3) is 0 Å². The van der Waals surface area contributed by atoms with Gasteiger partial charge in [-0.15, -0.1) is 0 Å². The van der Waals surface area contributed by atoms with E-state index in [4.69, 9.17) is 28.3 Å². The van der Waals surface area contributed by atoms with Crippen LogP contribution in [0.2, 0.25) is 10.0 Å². The predicted octanol–water partition coefficient (Wildman–Crippen LogP) is 4.59. The standard InChI is InChI=1S/C15H23Cl2NO/c1-2-15(18-9-5-3-4-6-10-19)12-7-8-13(16)14(17)11-12/h7-8,11,15,18-19H,2-6,9-10H2,1H3. The van der Waals surface area contributed by atoms with Gasteiger partial charge < -0.3 is 10.4 Å². The summed E-state index contributed by atoms with van der Waals surface area (Å²) >= 11 is 12.0. The van der Waals surface area contributed by atoms with Crippen LogP contribution in [0, 0.1) is 0 Å². The van der Waals surface area contributed by atoms with Crippen LogP contribution in [0.4, 0.5) is 0 Å². The zero-order valence-electron chi connectivity index (χ0n) is 11.5. The summed E-state index contributed by atoms with van der Waals surface area (Å²) in [6.07, 6.45) is 5.32. The van der Waals surface area contributed by atoms with Crippen LogP contribution in [-0.2, 0) is 0 Å². The van der Waals surface area contributed by atoms with Gasteiger partial charge in [0.15, 0.2) is 0 Å². The maximum absolute atomic E-state index is 8.71. The van der Waals surface area contributed by atoms with Crippen LogP contribution >= 0.6 is 23.2 Å². The molecule has 1 unspecified atom stereocenters. The minimum atomic E-state index is 0.300. The van der Waals surface area contributed by atoms with Gasteiger partial charge >= 0.3 is 0 Å². The maximum atomic E-state index is 8.71. The van der Waals surface area contributed by atoms with E-state index >= 15 is 0 Å². The number of aliphatic hydroxyl groups excluding tert-OH is 1. The van der Waals surface area contributed by atoms with Crippen molar-refractivity contribution in [2.24, 2.45) is 0 Å². The third kappa shape index (κ3) is 6.13. The first-order valence-corrected chi connectivity index (χ1v) is 7.73. The Balaban J connectivity index is 2.38. The Hall–Kier alpha value is -0.280. The van der Waals surface area contributed by atoms with Crippen molar-refractivity contribution in [3.63, 3.8) is 0 Å². The molecular formula is C15H23Cl2NO. The average molecular weight is 304 g/mol. The molecule has 1 rings (SSSR count). The molecule has 1 aromatic carbocycles. The van der Waals surface area contributed by atoms with Gasteiger partial charge in [0.05, 0.1) is 10.0 Å². The van der Waals surface area contributed by atoms with Gasteiger partial charge in [0.1, 0.15) is 0 Å². The van der Waals surface area contributed by atoms with E-state index in [2.05, 4.69) is 12.2 Å². The monoisotopic (exact) mass is 303 g/mol. The van der Waals surface area contributed by atoms with Crippen LogP contribution in [-0.4, -0.2) is 18.3 Å². The molecule has 0 fully saturated rings. The fourth-order valence-electron chi connectivity index (χ4n) is 2.09. The third-order valence-electron chi connectivity index (χ3n) is 3.23. The molecule has 0 bridgehead atoms. The van der Waals surface area contributed by atoms with E-state index in [1.165, 1.54) is 5.56 Å². The van der Waals surface area contributed by atoms with Gasteiger partial charge in [0.2, 0.25) is 0 Å². The molecule has 4 heteroatoms. The summed E-state index contributed by atoms with van der Waals surface area (Å²) < 4.78 is 0. The van der Waals surface area contributed by atoms with Crippen LogP contribution in [0.1, 0.15) is 50.6 Å². The number of unbranched alkanes of at least 4 members (excludes halogenated alkanes) is 3. The number of nitrogens with one attached hydrogen (secondary N) is 1. The Morgan fingerprint density at radius 2 is 1.84 bits per heavy atom. The van der Waals surface area contributed by atoms with E-state index in [-0.39, 0.29) is 0 Å². The highest BCUT2D eigenvalue weighted by atomic mass is 35.5. The molecule has 0 radical (unpaired) electrons. The number of hydrogen-bond acceptors (Lipinski definition) is 2. The number of benzene rings is 1. The van der Waals surface area contributed by atoms with Crippen molar-refractivity contribution >= 4 is 23.2 Å². The first-order valence-electron chi connectivity index (χ1n) is 6.98. The Kier molecular flexibility index (Phi) is 8.47. The molecule has 2 nitrogen and oxygen atoms in total. The number of rotatable bonds is 9. The summed E-state index contributed by atoms with van der Waals surface area (Å²) in [7, 11) is 0. The first-order chi connectivity index (χ1) is 9.19. The summed E-state index contributed by atoms with van der Waals surface area (Å²) in [5, 5.41) is 13.5. The maximum Gasteiger partial charge on any atom is 0.0595 e. The zero-order valence-corrected chi connectivity index (χ0v) is 13.0. The first kappa shape index (κ1) is 16.8. The van der Waals surface area contributed by atoms with E-state index in [0.29, 0.717) is 22.7 Å². The van der Waals surface area contributed by atoms with E-state index in [1.54, 1.807) is 0 Å². The van der Waals surface area contributed by atoms with Gasteiger partial charge in [-0.05, 0) is 43.5 Å². The van der Waals surface area contributed by atoms with Crippen LogP contribution in [0.3, 0.4) is 0 Å². The van der Waals surface area contributed by atoms with Crippen molar-refractivity contribution in [2.75, 3.05) is 13.2 Å². The molecule has 0 saturated heterocycles. The lowest BCUT2D eigenvalue weighted by Gasteiger charge is -2.18. The molecular weight excluding hydrogens is 281 g/mol. The van der Waals surface area contributed by atoms with Crippen molar-refractivity contribution in [2.45, 2.75) is 45.1 Å². The topological polar surface area (TPSA) is 32.3 Å². The molecule has 0 amide bonds. The third-order valence-corrected chi connectivity index (χ3v) is 3.97. The van der Waals surface area contributed by atoms with Gasteiger partial charge in [-0.1, -0.05) is 49.0 Å². The highest BCUT2D eigenvalue weighted by molar-refractivity contribution is 6.42. The quantitative estimate of drug-likeness (QED) is 0.654. The molecule has 19 heavy (non-hydrogen) atoms. The Morgan fingerprint density at radius 3 is 2.47 bits per heavy atom. The fourth-order valence-corrected chi connectivity index (χ4v) is 2.40. The van der Waals surface area contributed by atoms with Gasteiger partial charge in [-0.3, -0.25) is 0 Å². The predicted molar refractivity (Wildman–Crippen MR) is 83.1 cm³/mol. The summed E-state index contributed by atoms with van der Waals surface area (Å²) in [5.41, 5.74) is 1.19. The van der Waals surface area contributed by atoms with Gasteiger partial charge in [0, 0.05) is 12.6 Å².